The number of sulfonamides is 1. The van der Waals surface area contributed by atoms with Gasteiger partial charge in [0.1, 0.15) is 0 Å². The van der Waals surface area contributed by atoms with Gasteiger partial charge >= 0.3 is 0 Å². The molecule has 0 radical (unpaired) electrons. The van der Waals surface area contributed by atoms with Crippen LogP contribution in [0.25, 0.3) is 0 Å². The van der Waals surface area contributed by atoms with Crippen molar-refractivity contribution in [2.75, 3.05) is 23.7 Å². The van der Waals surface area contributed by atoms with Crippen LogP contribution in [0.15, 0.2) is 48.5 Å². The van der Waals surface area contributed by atoms with Gasteiger partial charge in [-0.25, -0.2) is 8.42 Å². The van der Waals surface area contributed by atoms with Gasteiger partial charge in [-0.2, -0.15) is 0 Å². The van der Waals surface area contributed by atoms with Crippen molar-refractivity contribution in [1.82, 2.24) is 5.32 Å². The van der Waals surface area contributed by atoms with Gasteiger partial charge in [0.15, 0.2) is 5.78 Å². The largest absolute Gasteiger partial charge is 0.354 e. The van der Waals surface area contributed by atoms with Crippen LogP contribution >= 0.6 is 0 Å². The summed E-state index contributed by atoms with van der Waals surface area (Å²) in [5.74, 6) is -0.313. The van der Waals surface area contributed by atoms with Gasteiger partial charge in [-0.1, -0.05) is 36.4 Å². The summed E-state index contributed by atoms with van der Waals surface area (Å²) in [4.78, 5) is 23.7. The van der Waals surface area contributed by atoms with E-state index in [0.29, 0.717) is 11.3 Å². The minimum absolute atomic E-state index is 0.0830. The van der Waals surface area contributed by atoms with E-state index in [1.165, 1.54) is 11.2 Å². The lowest BCUT2D eigenvalue weighted by Gasteiger charge is -2.23. The summed E-state index contributed by atoms with van der Waals surface area (Å²) in [6, 6.07) is 14.1. The maximum Gasteiger partial charge on any atom is 0.232 e. The quantitative estimate of drug-likeness (QED) is 0.704. The van der Waals surface area contributed by atoms with Crippen LogP contribution < -0.4 is 9.62 Å². The number of hydrogen-bond acceptors (Lipinski definition) is 4. The Morgan fingerprint density at radius 3 is 2.41 bits per heavy atom. The highest BCUT2D eigenvalue weighted by Crippen LogP contribution is 2.19. The minimum Gasteiger partial charge on any atom is -0.354 e. The molecule has 0 fully saturated rings. The Hall–Kier alpha value is -2.67. The van der Waals surface area contributed by atoms with Crippen molar-refractivity contribution >= 4 is 27.4 Å². The number of nitrogens with zero attached hydrogens (tertiary/aromatic N) is 1. The van der Waals surface area contributed by atoms with E-state index in [1.54, 1.807) is 24.3 Å². The minimum atomic E-state index is -3.55. The summed E-state index contributed by atoms with van der Waals surface area (Å²) in [6.07, 6.45) is 1.34. The molecular weight excluding hydrogens is 364 g/mol. The summed E-state index contributed by atoms with van der Waals surface area (Å²) in [6.45, 7) is 3.62. The smallest absolute Gasteiger partial charge is 0.232 e. The fraction of sp³-hybridized carbons (Fsp3) is 0.300. The lowest BCUT2D eigenvalue weighted by Crippen LogP contribution is -2.38. The zero-order valence-corrected chi connectivity index (χ0v) is 16.5. The first-order valence-corrected chi connectivity index (χ1v) is 10.4. The van der Waals surface area contributed by atoms with Gasteiger partial charge < -0.3 is 5.32 Å². The molecule has 0 saturated carbocycles. The molecule has 2 aromatic rings. The number of Topliss-reactive ketones (excluding diaryl/α,β-unsaturated/α-hetero) is 1. The average molecular weight is 388 g/mol. The Bertz CT molecular complexity index is 939. The first kappa shape index (κ1) is 20.6. The van der Waals surface area contributed by atoms with Crippen molar-refractivity contribution in [2.24, 2.45) is 0 Å². The highest BCUT2D eigenvalue weighted by molar-refractivity contribution is 7.92. The number of amides is 1. The Kier molecular flexibility index (Phi) is 6.74. The second-order valence-corrected chi connectivity index (χ2v) is 8.30. The summed E-state index contributed by atoms with van der Waals surface area (Å²) < 4.78 is 25.5. The van der Waals surface area contributed by atoms with Crippen LogP contribution in [0.1, 0.15) is 28.4 Å². The van der Waals surface area contributed by atoms with Crippen LogP contribution in [0, 0.1) is 6.92 Å². The topological polar surface area (TPSA) is 83.6 Å². The van der Waals surface area contributed by atoms with Gasteiger partial charge in [-0.3, -0.25) is 13.9 Å². The molecule has 2 rings (SSSR count). The molecule has 1 amide bonds. The lowest BCUT2D eigenvalue weighted by atomic mass is 10.1. The van der Waals surface area contributed by atoms with Gasteiger partial charge in [0, 0.05) is 12.1 Å². The summed E-state index contributed by atoms with van der Waals surface area (Å²) in [7, 11) is -3.55. The highest BCUT2D eigenvalue weighted by atomic mass is 32.2. The number of anilines is 1. The number of benzene rings is 2. The first-order valence-electron chi connectivity index (χ1n) is 8.58. The third-order valence-corrected chi connectivity index (χ3v) is 5.38. The Morgan fingerprint density at radius 2 is 1.78 bits per heavy atom. The zero-order valence-electron chi connectivity index (χ0n) is 15.7. The Balaban J connectivity index is 2.03. The van der Waals surface area contributed by atoms with Crippen LogP contribution in [0.4, 0.5) is 5.69 Å². The number of aryl methyl sites for hydroxylation is 1. The third kappa shape index (κ3) is 5.92. The molecule has 6 nitrogen and oxygen atoms in total. The van der Waals surface area contributed by atoms with Crippen molar-refractivity contribution in [2.45, 2.75) is 20.3 Å². The molecule has 7 heteroatoms. The molecule has 2 aromatic carbocycles. The predicted octanol–water partition coefficient (Wildman–Crippen LogP) is 2.32. The van der Waals surface area contributed by atoms with E-state index >= 15 is 0 Å². The fourth-order valence-electron chi connectivity index (χ4n) is 2.71. The first-order chi connectivity index (χ1) is 12.7. The van der Waals surface area contributed by atoms with Crippen LogP contribution in [-0.4, -0.2) is 39.5 Å². The number of rotatable bonds is 8. The van der Waals surface area contributed by atoms with E-state index in [9.17, 15) is 18.0 Å². The molecule has 0 aliphatic carbocycles. The predicted molar refractivity (Wildman–Crippen MR) is 107 cm³/mol. The monoisotopic (exact) mass is 388 g/mol. The van der Waals surface area contributed by atoms with Gasteiger partial charge in [-0.05, 0) is 37.1 Å². The number of carbonyl (C=O) groups excluding carboxylic acids is 2. The van der Waals surface area contributed by atoms with Crippen molar-refractivity contribution in [3.63, 3.8) is 0 Å². The van der Waals surface area contributed by atoms with Gasteiger partial charge in [0.2, 0.25) is 15.9 Å². The van der Waals surface area contributed by atoms with Crippen LogP contribution in [0.3, 0.4) is 0 Å². The molecule has 144 valence electrons. The molecule has 1 N–H and O–H groups in total. The molecular formula is C20H24N2O4S. The molecule has 0 atom stereocenters. The number of nitrogens with one attached hydrogen (secondary N) is 1. The second-order valence-electron chi connectivity index (χ2n) is 6.39. The van der Waals surface area contributed by atoms with E-state index in [4.69, 9.17) is 0 Å². The molecule has 0 aliphatic rings. The van der Waals surface area contributed by atoms with Gasteiger partial charge in [0.05, 0.1) is 24.9 Å². The molecule has 0 bridgehead atoms. The number of carbonyl (C=O) groups is 2. The SMILES string of the molecule is CC(=O)c1cccc(N(CCNC(=O)Cc2ccccc2C)S(C)(=O)=O)c1. The average Bonchev–Trinajstić information content (AvgIpc) is 2.59. The van der Waals surface area contributed by atoms with E-state index in [2.05, 4.69) is 5.32 Å². The Labute approximate surface area is 160 Å². The van der Waals surface area contributed by atoms with Gasteiger partial charge in [-0.15, -0.1) is 0 Å². The van der Waals surface area contributed by atoms with Crippen LogP contribution in [0.5, 0.6) is 0 Å². The van der Waals surface area contributed by atoms with Crippen molar-refractivity contribution in [3.05, 3.63) is 65.2 Å². The molecule has 0 aliphatic heterocycles. The maximum absolute atomic E-state index is 12.2. The van der Waals surface area contributed by atoms with Crippen molar-refractivity contribution in [3.8, 4) is 0 Å². The molecule has 0 aromatic heterocycles. The fourth-order valence-corrected chi connectivity index (χ4v) is 3.63. The second kappa shape index (κ2) is 8.81. The standard InChI is InChI=1S/C20H24N2O4S/c1-15-7-4-5-8-17(15)14-20(24)21-11-12-22(27(3,25)26)19-10-6-9-18(13-19)16(2)23/h4-10,13H,11-12,14H2,1-3H3,(H,21,24). The van der Waals surface area contributed by atoms with Crippen molar-refractivity contribution in [1.29, 1.82) is 0 Å². The normalized spacial score (nSPS) is 11.1. The number of ketones is 1. The summed E-state index contributed by atoms with van der Waals surface area (Å²) >= 11 is 0. The molecule has 0 unspecified atom stereocenters. The summed E-state index contributed by atoms with van der Waals surface area (Å²) in [5, 5.41) is 2.76. The number of hydrogen-bond donors (Lipinski definition) is 1. The Morgan fingerprint density at radius 1 is 1.07 bits per heavy atom. The zero-order chi connectivity index (χ0) is 20.0. The van der Waals surface area contributed by atoms with Crippen molar-refractivity contribution < 1.29 is 18.0 Å². The molecule has 0 spiro atoms. The highest BCUT2D eigenvalue weighted by Gasteiger charge is 2.18. The van der Waals surface area contributed by atoms with Gasteiger partial charge in [0.25, 0.3) is 0 Å². The molecule has 0 saturated heterocycles. The van der Waals surface area contributed by atoms with Crippen LogP contribution in [-0.2, 0) is 21.2 Å². The lowest BCUT2D eigenvalue weighted by molar-refractivity contribution is -0.120. The summed E-state index contributed by atoms with van der Waals surface area (Å²) in [5.41, 5.74) is 2.80. The van der Waals surface area contributed by atoms with E-state index < -0.39 is 10.0 Å². The van der Waals surface area contributed by atoms with Crippen LogP contribution in [0.2, 0.25) is 0 Å². The molecule has 27 heavy (non-hydrogen) atoms. The third-order valence-electron chi connectivity index (χ3n) is 4.19. The van der Waals surface area contributed by atoms with E-state index in [0.717, 1.165) is 17.4 Å². The maximum atomic E-state index is 12.2. The van der Waals surface area contributed by atoms with E-state index in [-0.39, 0.29) is 31.2 Å². The molecule has 0 heterocycles. The van der Waals surface area contributed by atoms with E-state index in [1.807, 2.05) is 31.2 Å².